The minimum atomic E-state index is -0.0725. The van der Waals surface area contributed by atoms with Crippen LogP contribution in [0.5, 0.6) is 0 Å². The van der Waals surface area contributed by atoms with Crippen molar-refractivity contribution in [3.05, 3.63) is 70.9 Å². The van der Waals surface area contributed by atoms with Crippen LogP contribution in [0, 0.1) is 12.8 Å². The summed E-state index contributed by atoms with van der Waals surface area (Å²) >= 11 is 1.39. The van der Waals surface area contributed by atoms with Gasteiger partial charge in [-0.05, 0) is 37.0 Å². The molecule has 1 N–H and O–H groups in total. The van der Waals surface area contributed by atoms with E-state index in [9.17, 15) is 4.79 Å². The maximum atomic E-state index is 12.9. The summed E-state index contributed by atoms with van der Waals surface area (Å²) in [5.74, 6) is 0.406. The standard InChI is InChI=1S/C21H23N3OS/c1-14(2)13-18(16-9-5-4-6-10-16)24-20(25)19-15(3)23-21(26-19)17-11-7-8-12-22-17/h4-12,14,18H,13H2,1-3H3,(H,24,25)/t18-/m1/s1. The van der Waals surface area contributed by atoms with Gasteiger partial charge in [0.1, 0.15) is 9.88 Å². The van der Waals surface area contributed by atoms with Gasteiger partial charge < -0.3 is 5.32 Å². The Bertz CT molecular complexity index is 859. The minimum Gasteiger partial charge on any atom is -0.344 e. The lowest BCUT2D eigenvalue weighted by molar-refractivity contribution is 0.0935. The molecule has 0 aliphatic heterocycles. The topological polar surface area (TPSA) is 54.9 Å². The number of aryl methyl sites for hydroxylation is 1. The second-order valence-electron chi connectivity index (χ2n) is 6.71. The lowest BCUT2D eigenvalue weighted by Gasteiger charge is -2.21. The number of carbonyl (C=O) groups excluding carboxylic acids is 1. The molecule has 0 spiro atoms. The monoisotopic (exact) mass is 365 g/mol. The van der Waals surface area contributed by atoms with Gasteiger partial charge in [-0.2, -0.15) is 0 Å². The maximum Gasteiger partial charge on any atom is 0.263 e. The number of amides is 1. The van der Waals surface area contributed by atoms with Crippen molar-refractivity contribution in [3.8, 4) is 10.7 Å². The van der Waals surface area contributed by atoms with Gasteiger partial charge in [0, 0.05) is 6.20 Å². The predicted octanol–water partition coefficient (Wildman–Crippen LogP) is 5.03. The molecule has 5 heteroatoms. The van der Waals surface area contributed by atoms with Gasteiger partial charge in [-0.3, -0.25) is 9.78 Å². The quantitative estimate of drug-likeness (QED) is 0.666. The third-order valence-corrected chi connectivity index (χ3v) is 5.28. The van der Waals surface area contributed by atoms with Crippen LogP contribution in [0.2, 0.25) is 0 Å². The SMILES string of the molecule is Cc1nc(-c2ccccn2)sc1C(=O)N[C@H](CC(C)C)c1ccccc1. The van der Waals surface area contributed by atoms with Crippen LogP contribution in [-0.4, -0.2) is 15.9 Å². The molecule has 0 saturated heterocycles. The molecule has 0 unspecified atom stereocenters. The van der Waals surface area contributed by atoms with Gasteiger partial charge in [-0.15, -0.1) is 11.3 Å². The summed E-state index contributed by atoms with van der Waals surface area (Å²) in [6.07, 6.45) is 2.63. The van der Waals surface area contributed by atoms with E-state index in [1.165, 1.54) is 11.3 Å². The maximum absolute atomic E-state index is 12.9. The molecule has 0 fully saturated rings. The summed E-state index contributed by atoms with van der Waals surface area (Å²) < 4.78 is 0. The van der Waals surface area contributed by atoms with Gasteiger partial charge in [0.15, 0.2) is 0 Å². The van der Waals surface area contributed by atoms with E-state index in [1.807, 2.05) is 43.3 Å². The zero-order valence-corrected chi connectivity index (χ0v) is 16.1. The van der Waals surface area contributed by atoms with Crippen LogP contribution in [0.1, 0.15) is 47.2 Å². The van der Waals surface area contributed by atoms with E-state index in [0.717, 1.165) is 28.4 Å². The van der Waals surface area contributed by atoms with Gasteiger partial charge >= 0.3 is 0 Å². The first-order chi connectivity index (χ1) is 12.5. The molecule has 2 aromatic heterocycles. The van der Waals surface area contributed by atoms with E-state index >= 15 is 0 Å². The third kappa shape index (κ3) is 4.35. The highest BCUT2D eigenvalue weighted by Gasteiger charge is 2.21. The van der Waals surface area contributed by atoms with E-state index < -0.39 is 0 Å². The Morgan fingerprint density at radius 3 is 2.50 bits per heavy atom. The predicted molar refractivity (Wildman–Crippen MR) is 106 cm³/mol. The van der Waals surface area contributed by atoms with Crippen molar-refractivity contribution in [1.29, 1.82) is 0 Å². The molecule has 0 bridgehead atoms. The highest BCUT2D eigenvalue weighted by atomic mass is 32.1. The van der Waals surface area contributed by atoms with Gasteiger partial charge in [-0.25, -0.2) is 4.98 Å². The van der Waals surface area contributed by atoms with E-state index in [4.69, 9.17) is 0 Å². The second-order valence-corrected chi connectivity index (χ2v) is 7.71. The number of nitrogens with one attached hydrogen (secondary N) is 1. The van der Waals surface area contributed by atoms with Gasteiger partial charge in [0.2, 0.25) is 0 Å². The summed E-state index contributed by atoms with van der Waals surface area (Å²) in [7, 11) is 0. The molecule has 0 aliphatic carbocycles. The molecule has 4 nitrogen and oxygen atoms in total. The highest BCUT2D eigenvalue weighted by Crippen LogP contribution is 2.28. The summed E-state index contributed by atoms with van der Waals surface area (Å²) in [4.78, 5) is 22.4. The number of hydrogen-bond donors (Lipinski definition) is 1. The van der Waals surface area contributed by atoms with Crippen LogP contribution >= 0.6 is 11.3 Å². The average Bonchev–Trinajstić information content (AvgIpc) is 3.04. The first-order valence-corrected chi connectivity index (χ1v) is 9.61. The number of benzene rings is 1. The van der Waals surface area contributed by atoms with Crippen LogP contribution in [0.25, 0.3) is 10.7 Å². The summed E-state index contributed by atoms with van der Waals surface area (Å²) in [5.41, 5.74) is 2.66. The van der Waals surface area contributed by atoms with Crippen molar-refractivity contribution in [3.63, 3.8) is 0 Å². The fourth-order valence-electron chi connectivity index (χ4n) is 2.86. The third-order valence-electron chi connectivity index (χ3n) is 4.10. The molecule has 26 heavy (non-hydrogen) atoms. The largest absolute Gasteiger partial charge is 0.344 e. The van der Waals surface area contributed by atoms with Gasteiger partial charge in [-0.1, -0.05) is 50.2 Å². The highest BCUT2D eigenvalue weighted by molar-refractivity contribution is 7.17. The Labute approximate surface area is 158 Å². The molecule has 2 heterocycles. The second kappa shape index (κ2) is 8.23. The number of rotatable bonds is 6. The number of nitrogens with zero attached hydrogens (tertiary/aromatic N) is 2. The van der Waals surface area contributed by atoms with Crippen LogP contribution in [0.3, 0.4) is 0 Å². The molecular weight excluding hydrogens is 342 g/mol. The number of aromatic nitrogens is 2. The number of hydrogen-bond acceptors (Lipinski definition) is 4. The lowest BCUT2D eigenvalue weighted by atomic mass is 9.97. The molecule has 134 valence electrons. The Kier molecular flexibility index (Phi) is 5.78. The normalized spacial score (nSPS) is 12.2. The molecular formula is C21H23N3OS. The van der Waals surface area contributed by atoms with Crippen molar-refractivity contribution in [1.82, 2.24) is 15.3 Å². The number of thiazole rings is 1. The zero-order chi connectivity index (χ0) is 18.5. The Morgan fingerprint density at radius 1 is 1.12 bits per heavy atom. The van der Waals surface area contributed by atoms with Crippen molar-refractivity contribution >= 4 is 17.2 Å². The van der Waals surface area contributed by atoms with E-state index in [2.05, 4.69) is 41.3 Å². The van der Waals surface area contributed by atoms with Crippen molar-refractivity contribution in [2.45, 2.75) is 33.2 Å². The molecule has 0 aliphatic rings. The Morgan fingerprint density at radius 2 is 1.85 bits per heavy atom. The van der Waals surface area contributed by atoms with Crippen LogP contribution < -0.4 is 5.32 Å². The first kappa shape index (κ1) is 18.3. The van der Waals surface area contributed by atoms with Crippen molar-refractivity contribution in [2.24, 2.45) is 5.92 Å². The molecule has 1 atom stereocenters. The fourth-order valence-corrected chi connectivity index (χ4v) is 3.81. The first-order valence-electron chi connectivity index (χ1n) is 8.79. The summed E-state index contributed by atoms with van der Waals surface area (Å²) in [6.45, 7) is 6.20. The average molecular weight is 366 g/mol. The fraction of sp³-hybridized carbons (Fsp3) is 0.286. The lowest BCUT2D eigenvalue weighted by Crippen LogP contribution is -2.29. The van der Waals surface area contributed by atoms with Crippen LogP contribution in [-0.2, 0) is 0 Å². The van der Waals surface area contributed by atoms with E-state index in [-0.39, 0.29) is 11.9 Å². The molecule has 1 aromatic carbocycles. The Hall–Kier alpha value is -2.53. The molecule has 0 radical (unpaired) electrons. The molecule has 1 amide bonds. The van der Waals surface area contributed by atoms with Crippen molar-refractivity contribution in [2.75, 3.05) is 0 Å². The molecule has 3 aromatic rings. The smallest absolute Gasteiger partial charge is 0.263 e. The number of pyridine rings is 1. The molecule has 3 rings (SSSR count). The minimum absolute atomic E-state index is 0.0106. The van der Waals surface area contributed by atoms with Crippen molar-refractivity contribution < 1.29 is 4.79 Å². The van der Waals surface area contributed by atoms with Crippen LogP contribution in [0.15, 0.2) is 54.7 Å². The van der Waals surface area contributed by atoms with Crippen LogP contribution in [0.4, 0.5) is 0 Å². The van der Waals surface area contributed by atoms with E-state index in [1.54, 1.807) is 6.20 Å². The van der Waals surface area contributed by atoms with E-state index in [0.29, 0.717) is 10.8 Å². The van der Waals surface area contributed by atoms with Gasteiger partial charge in [0.25, 0.3) is 5.91 Å². The summed E-state index contributed by atoms with van der Waals surface area (Å²) in [6, 6.07) is 15.8. The molecule has 0 saturated carbocycles. The Balaban J connectivity index is 1.83. The zero-order valence-electron chi connectivity index (χ0n) is 15.3. The van der Waals surface area contributed by atoms with Gasteiger partial charge in [0.05, 0.1) is 17.4 Å². The summed E-state index contributed by atoms with van der Waals surface area (Å²) in [5, 5.41) is 3.97. The number of carbonyl (C=O) groups is 1.